The molecule has 0 saturated carbocycles. The molecule has 2 radical (unpaired) electrons. The lowest BCUT2D eigenvalue weighted by Crippen LogP contribution is -2.20. The van der Waals surface area contributed by atoms with Gasteiger partial charge in [-0.05, 0) is 24.4 Å². The van der Waals surface area contributed by atoms with Crippen LogP contribution in [-0.2, 0) is 4.74 Å². The number of hydrogen-bond acceptors (Lipinski definition) is 4. The standard InChI is InChI=1S/C17H16BClN4O/c18-13-10-21-23-16(20-9-11-4-3-7-24-11)8-15(22-17(13)23)12-5-1-2-6-14(12)19/h1-2,5-6,8,10-11,20H,3-4,7,9H2. The summed E-state index contributed by atoms with van der Waals surface area (Å²) in [6, 6.07) is 9.57. The monoisotopic (exact) mass is 338 g/mol. The third-order valence-corrected chi connectivity index (χ3v) is 4.51. The summed E-state index contributed by atoms with van der Waals surface area (Å²) in [5, 5.41) is 8.37. The molecule has 1 saturated heterocycles. The summed E-state index contributed by atoms with van der Waals surface area (Å²) >= 11 is 6.32. The Kier molecular flexibility index (Phi) is 4.16. The second kappa shape index (κ2) is 6.45. The van der Waals surface area contributed by atoms with Crippen LogP contribution in [0.3, 0.4) is 0 Å². The highest BCUT2D eigenvalue weighted by atomic mass is 35.5. The molecule has 120 valence electrons. The van der Waals surface area contributed by atoms with Gasteiger partial charge in [-0.2, -0.15) is 9.61 Å². The summed E-state index contributed by atoms with van der Waals surface area (Å²) in [6.45, 7) is 1.55. The summed E-state index contributed by atoms with van der Waals surface area (Å²) in [4.78, 5) is 4.63. The molecule has 0 amide bonds. The molecular weight excluding hydrogens is 322 g/mol. The number of aromatic nitrogens is 3. The van der Waals surface area contributed by atoms with Gasteiger partial charge in [-0.1, -0.05) is 29.8 Å². The van der Waals surface area contributed by atoms with Crippen molar-refractivity contribution in [1.29, 1.82) is 0 Å². The topological polar surface area (TPSA) is 51.5 Å². The Labute approximate surface area is 146 Å². The second-order valence-electron chi connectivity index (χ2n) is 5.86. The van der Waals surface area contributed by atoms with Crippen LogP contribution in [-0.4, -0.2) is 41.7 Å². The third kappa shape index (κ3) is 2.87. The van der Waals surface area contributed by atoms with Gasteiger partial charge in [-0.15, -0.1) is 0 Å². The zero-order valence-electron chi connectivity index (χ0n) is 13.1. The van der Waals surface area contributed by atoms with Crippen LogP contribution in [0.15, 0.2) is 36.5 Å². The fourth-order valence-electron chi connectivity index (χ4n) is 2.94. The Morgan fingerprint density at radius 2 is 2.25 bits per heavy atom. The maximum Gasteiger partial charge on any atom is 0.150 e. The van der Waals surface area contributed by atoms with Gasteiger partial charge in [0, 0.05) is 36.0 Å². The molecule has 0 bridgehead atoms. The highest BCUT2D eigenvalue weighted by Crippen LogP contribution is 2.28. The Hall–Kier alpha value is -2.05. The molecule has 0 aliphatic carbocycles. The average molecular weight is 339 g/mol. The number of benzene rings is 1. The summed E-state index contributed by atoms with van der Waals surface area (Å²) in [5.74, 6) is 0.821. The first-order valence-electron chi connectivity index (χ1n) is 7.97. The van der Waals surface area contributed by atoms with Gasteiger partial charge in [0.15, 0.2) is 5.65 Å². The van der Waals surface area contributed by atoms with Gasteiger partial charge < -0.3 is 10.1 Å². The van der Waals surface area contributed by atoms with Crippen molar-refractivity contribution in [1.82, 2.24) is 14.6 Å². The lowest BCUT2D eigenvalue weighted by molar-refractivity contribution is 0.120. The predicted octanol–water partition coefficient (Wildman–Crippen LogP) is 2.43. The largest absolute Gasteiger partial charge is 0.376 e. The summed E-state index contributed by atoms with van der Waals surface area (Å²) < 4.78 is 7.39. The first-order chi connectivity index (χ1) is 11.7. The predicted molar refractivity (Wildman–Crippen MR) is 96.3 cm³/mol. The molecule has 2 aromatic heterocycles. The van der Waals surface area contributed by atoms with Crippen LogP contribution < -0.4 is 10.8 Å². The van der Waals surface area contributed by atoms with E-state index in [9.17, 15) is 0 Å². The second-order valence-corrected chi connectivity index (χ2v) is 6.26. The van der Waals surface area contributed by atoms with E-state index in [0.29, 0.717) is 16.1 Å². The minimum Gasteiger partial charge on any atom is -0.376 e. The molecule has 1 aliphatic rings. The van der Waals surface area contributed by atoms with E-state index in [1.54, 1.807) is 10.7 Å². The van der Waals surface area contributed by atoms with Crippen molar-refractivity contribution in [2.24, 2.45) is 0 Å². The van der Waals surface area contributed by atoms with Gasteiger partial charge in [0.25, 0.3) is 0 Å². The first-order valence-corrected chi connectivity index (χ1v) is 8.35. The van der Waals surface area contributed by atoms with Crippen molar-refractivity contribution in [2.75, 3.05) is 18.5 Å². The molecule has 3 heterocycles. The van der Waals surface area contributed by atoms with Crippen molar-refractivity contribution in [3.63, 3.8) is 0 Å². The molecule has 24 heavy (non-hydrogen) atoms. The maximum atomic E-state index is 6.32. The number of fused-ring (bicyclic) bond motifs is 1. The van der Waals surface area contributed by atoms with E-state index in [0.717, 1.165) is 43.1 Å². The molecule has 1 aliphatic heterocycles. The van der Waals surface area contributed by atoms with E-state index in [1.807, 2.05) is 30.3 Å². The number of hydrogen-bond donors (Lipinski definition) is 1. The van der Waals surface area contributed by atoms with Gasteiger partial charge in [-0.3, -0.25) is 0 Å². The number of rotatable bonds is 4. The molecule has 1 aromatic carbocycles. The van der Waals surface area contributed by atoms with Crippen LogP contribution in [0.25, 0.3) is 16.9 Å². The maximum absolute atomic E-state index is 6.32. The average Bonchev–Trinajstić information content (AvgIpc) is 3.23. The lowest BCUT2D eigenvalue weighted by atomic mass is 10.0. The van der Waals surface area contributed by atoms with Crippen molar-refractivity contribution in [3.8, 4) is 11.3 Å². The first kappa shape index (κ1) is 15.5. The summed E-state index contributed by atoms with van der Waals surface area (Å²) in [6.07, 6.45) is 4.01. The van der Waals surface area contributed by atoms with Crippen LogP contribution in [0.1, 0.15) is 12.8 Å². The normalized spacial score (nSPS) is 17.5. The SMILES string of the molecule is [B]c1cnn2c(NCC3CCCO3)cc(-c3ccccc3Cl)nc12. The van der Waals surface area contributed by atoms with Gasteiger partial charge in [0.2, 0.25) is 0 Å². The molecular formula is C17H16BClN4O. The fraction of sp³-hybridized carbons (Fsp3) is 0.294. The number of anilines is 1. The van der Waals surface area contributed by atoms with E-state index < -0.39 is 0 Å². The Morgan fingerprint density at radius 1 is 1.38 bits per heavy atom. The number of nitrogens with one attached hydrogen (secondary N) is 1. The molecule has 1 unspecified atom stereocenters. The van der Waals surface area contributed by atoms with E-state index in [4.69, 9.17) is 24.2 Å². The quantitative estimate of drug-likeness (QED) is 0.742. The van der Waals surface area contributed by atoms with Gasteiger partial charge in [-0.25, -0.2) is 4.98 Å². The van der Waals surface area contributed by atoms with E-state index in [-0.39, 0.29) is 6.10 Å². The van der Waals surface area contributed by atoms with Crippen LogP contribution >= 0.6 is 11.6 Å². The number of nitrogens with zero attached hydrogens (tertiary/aromatic N) is 3. The highest BCUT2D eigenvalue weighted by Gasteiger charge is 2.17. The molecule has 7 heteroatoms. The lowest BCUT2D eigenvalue weighted by Gasteiger charge is -2.14. The number of ether oxygens (including phenoxy) is 1. The molecule has 1 atom stereocenters. The van der Waals surface area contributed by atoms with E-state index >= 15 is 0 Å². The summed E-state index contributed by atoms with van der Waals surface area (Å²) in [7, 11) is 6.02. The van der Waals surface area contributed by atoms with Crippen molar-refractivity contribution >= 4 is 36.4 Å². The van der Waals surface area contributed by atoms with Crippen molar-refractivity contribution in [3.05, 3.63) is 41.6 Å². The minimum atomic E-state index is 0.227. The van der Waals surface area contributed by atoms with Crippen molar-refractivity contribution in [2.45, 2.75) is 18.9 Å². The number of halogens is 1. The van der Waals surface area contributed by atoms with Crippen molar-refractivity contribution < 1.29 is 4.74 Å². The Morgan fingerprint density at radius 3 is 3.04 bits per heavy atom. The van der Waals surface area contributed by atoms with Gasteiger partial charge in [0.1, 0.15) is 13.7 Å². The van der Waals surface area contributed by atoms with E-state index in [1.165, 1.54) is 0 Å². The molecule has 5 nitrogen and oxygen atoms in total. The van der Waals surface area contributed by atoms with Crippen LogP contribution in [0, 0.1) is 0 Å². The summed E-state index contributed by atoms with van der Waals surface area (Å²) in [5.41, 5.74) is 2.77. The van der Waals surface area contributed by atoms with Gasteiger partial charge >= 0.3 is 0 Å². The fourth-order valence-corrected chi connectivity index (χ4v) is 3.17. The van der Waals surface area contributed by atoms with Gasteiger partial charge in [0.05, 0.1) is 11.8 Å². The third-order valence-electron chi connectivity index (χ3n) is 4.18. The van der Waals surface area contributed by atoms with Crippen LogP contribution in [0.5, 0.6) is 0 Å². The van der Waals surface area contributed by atoms with E-state index in [2.05, 4.69) is 15.4 Å². The smallest absolute Gasteiger partial charge is 0.150 e. The Balaban J connectivity index is 1.75. The molecule has 1 N–H and O–H groups in total. The molecule has 4 rings (SSSR count). The zero-order valence-corrected chi connectivity index (χ0v) is 13.8. The minimum absolute atomic E-state index is 0.227. The highest BCUT2D eigenvalue weighted by molar-refractivity contribution is 6.36. The van der Waals surface area contributed by atoms with Crippen LogP contribution in [0.4, 0.5) is 5.82 Å². The van der Waals surface area contributed by atoms with Crippen LogP contribution in [0.2, 0.25) is 5.02 Å². The zero-order chi connectivity index (χ0) is 16.5. The Bertz CT molecular complexity index is 876. The molecule has 0 spiro atoms. The molecule has 3 aromatic rings. The molecule has 1 fully saturated rings.